The van der Waals surface area contributed by atoms with Crippen LogP contribution in [-0.4, -0.2) is 31.4 Å². The zero-order valence-electron chi connectivity index (χ0n) is 13.6. The molecular weight excluding hydrogens is 298 g/mol. The Morgan fingerprint density at radius 1 is 1.18 bits per heavy atom. The van der Waals surface area contributed by atoms with E-state index in [-0.39, 0.29) is 11.2 Å². The average Bonchev–Trinajstić information content (AvgIpc) is 2.55. The number of methoxy groups -OCH3 is 2. The van der Waals surface area contributed by atoms with Crippen LogP contribution in [0.3, 0.4) is 0 Å². The maximum absolute atomic E-state index is 12.3. The van der Waals surface area contributed by atoms with E-state index in [1.807, 2.05) is 25.1 Å². The van der Waals surface area contributed by atoms with Crippen molar-refractivity contribution in [2.24, 2.45) is 0 Å². The second-order valence-electron chi connectivity index (χ2n) is 5.62. The van der Waals surface area contributed by atoms with Crippen LogP contribution in [0.2, 0.25) is 0 Å². The molecule has 0 unspecified atom stereocenters. The first-order valence-electron chi connectivity index (χ1n) is 7.83. The number of amides is 1. The lowest BCUT2D eigenvalue weighted by Crippen LogP contribution is -2.40. The van der Waals surface area contributed by atoms with Crippen LogP contribution in [0.15, 0.2) is 23.1 Å². The van der Waals surface area contributed by atoms with Crippen LogP contribution in [0, 0.1) is 0 Å². The van der Waals surface area contributed by atoms with E-state index in [1.54, 1.807) is 26.0 Å². The first kappa shape index (κ1) is 17.0. The van der Waals surface area contributed by atoms with E-state index in [1.165, 1.54) is 19.3 Å². The molecule has 1 amide bonds. The van der Waals surface area contributed by atoms with E-state index < -0.39 is 0 Å². The van der Waals surface area contributed by atoms with Crippen molar-refractivity contribution < 1.29 is 14.3 Å². The molecule has 5 heteroatoms. The van der Waals surface area contributed by atoms with Crippen LogP contribution in [-0.2, 0) is 4.79 Å². The fourth-order valence-corrected chi connectivity index (χ4v) is 3.62. The molecule has 0 bridgehead atoms. The van der Waals surface area contributed by atoms with Gasteiger partial charge in [-0.3, -0.25) is 4.79 Å². The maximum atomic E-state index is 12.3. The predicted octanol–water partition coefficient (Wildman–Crippen LogP) is 3.63. The summed E-state index contributed by atoms with van der Waals surface area (Å²) in [5.74, 6) is 1.50. The van der Waals surface area contributed by atoms with Gasteiger partial charge in [-0.05, 0) is 38.0 Å². The largest absolute Gasteiger partial charge is 0.493 e. The molecule has 1 aromatic carbocycles. The van der Waals surface area contributed by atoms with E-state index in [0.717, 1.165) is 17.7 Å². The van der Waals surface area contributed by atoms with E-state index in [0.29, 0.717) is 17.5 Å². The monoisotopic (exact) mass is 323 g/mol. The maximum Gasteiger partial charge on any atom is 0.233 e. The summed E-state index contributed by atoms with van der Waals surface area (Å²) in [5, 5.41) is 3.05. The molecule has 0 saturated heterocycles. The van der Waals surface area contributed by atoms with E-state index in [9.17, 15) is 4.79 Å². The molecule has 1 saturated carbocycles. The molecule has 1 N–H and O–H groups in total. The topological polar surface area (TPSA) is 47.6 Å². The van der Waals surface area contributed by atoms with Crippen molar-refractivity contribution in [1.82, 2.24) is 5.32 Å². The van der Waals surface area contributed by atoms with E-state index in [2.05, 4.69) is 5.32 Å². The molecule has 0 spiro atoms. The average molecular weight is 323 g/mol. The molecule has 0 aliphatic heterocycles. The third-order valence-corrected chi connectivity index (χ3v) is 5.08. The Balaban J connectivity index is 1.92. The number of nitrogens with one attached hydrogen (secondary N) is 1. The van der Waals surface area contributed by atoms with Gasteiger partial charge in [0.05, 0.1) is 19.5 Å². The van der Waals surface area contributed by atoms with Gasteiger partial charge in [-0.25, -0.2) is 0 Å². The van der Waals surface area contributed by atoms with E-state index in [4.69, 9.17) is 9.47 Å². The first-order valence-corrected chi connectivity index (χ1v) is 8.71. The smallest absolute Gasteiger partial charge is 0.233 e. The van der Waals surface area contributed by atoms with Gasteiger partial charge < -0.3 is 14.8 Å². The highest BCUT2D eigenvalue weighted by atomic mass is 32.2. The van der Waals surface area contributed by atoms with Gasteiger partial charge in [0.1, 0.15) is 0 Å². The molecule has 1 aliphatic rings. The number of hydrogen-bond acceptors (Lipinski definition) is 4. The number of carbonyl (C=O) groups is 1. The van der Waals surface area contributed by atoms with Gasteiger partial charge in [0, 0.05) is 10.9 Å². The summed E-state index contributed by atoms with van der Waals surface area (Å²) in [6, 6.07) is 6.09. The SMILES string of the molecule is COc1ccc(S[C@H](C)C(=O)NC2CCCCC2)cc1OC. The number of hydrogen-bond donors (Lipinski definition) is 1. The Bertz CT molecular complexity index is 501. The first-order chi connectivity index (χ1) is 10.6. The minimum Gasteiger partial charge on any atom is -0.493 e. The molecule has 1 aliphatic carbocycles. The van der Waals surface area contributed by atoms with Gasteiger partial charge in [-0.2, -0.15) is 0 Å². The van der Waals surface area contributed by atoms with Crippen LogP contribution in [0.1, 0.15) is 39.0 Å². The highest BCUT2D eigenvalue weighted by Gasteiger charge is 2.20. The van der Waals surface area contributed by atoms with Crippen molar-refractivity contribution in [2.75, 3.05) is 14.2 Å². The summed E-state index contributed by atoms with van der Waals surface area (Å²) in [6.45, 7) is 1.94. The third-order valence-electron chi connectivity index (χ3n) is 3.99. The highest BCUT2D eigenvalue weighted by Crippen LogP contribution is 2.33. The second kappa shape index (κ2) is 8.32. The number of benzene rings is 1. The second-order valence-corrected chi connectivity index (χ2v) is 7.03. The van der Waals surface area contributed by atoms with Crippen molar-refractivity contribution in [3.63, 3.8) is 0 Å². The van der Waals surface area contributed by atoms with Crippen molar-refractivity contribution in [3.05, 3.63) is 18.2 Å². The normalized spacial score (nSPS) is 16.9. The Hall–Kier alpha value is -1.36. The zero-order valence-corrected chi connectivity index (χ0v) is 14.4. The summed E-state index contributed by atoms with van der Waals surface area (Å²) < 4.78 is 10.5. The summed E-state index contributed by atoms with van der Waals surface area (Å²) in [6.07, 6.45) is 5.96. The molecule has 122 valence electrons. The lowest BCUT2D eigenvalue weighted by atomic mass is 9.95. The number of thioether (sulfide) groups is 1. The molecule has 1 fully saturated rings. The van der Waals surface area contributed by atoms with Crippen LogP contribution >= 0.6 is 11.8 Å². The molecule has 1 aromatic rings. The number of carbonyl (C=O) groups excluding carboxylic acids is 1. The Labute approximate surface area is 137 Å². The minimum absolute atomic E-state index is 0.117. The van der Waals surface area contributed by atoms with Gasteiger partial charge in [-0.1, -0.05) is 19.3 Å². The lowest BCUT2D eigenvalue weighted by Gasteiger charge is -2.24. The van der Waals surface area contributed by atoms with Crippen molar-refractivity contribution in [2.45, 2.75) is 55.2 Å². The Morgan fingerprint density at radius 2 is 1.86 bits per heavy atom. The molecule has 22 heavy (non-hydrogen) atoms. The summed E-state index contributed by atoms with van der Waals surface area (Å²) >= 11 is 1.54. The minimum atomic E-state index is -0.125. The van der Waals surface area contributed by atoms with Gasteiger partial charge in [-0.15, -0.1) is 11.8 Å². The van der Waals surface area contributed by atoms with Gasteiger partial charge in [0.2, 0.25) is 5.91 Å². The predicted molar refractivity (Wildman–Crippen MR) is 89.9 cm³/mol. The molecular formula is C17H25NO3S. The van der Waals surface area contributed by atoms with Gasteiger partial charge in [0.25, 0.3) is 0 Å². The zero-order chi connectivity index (χ0) is 15.9. The van der Waals surface area contributed by atoms with Crippen LogP contribution in [0.25, 0.3) is 0 Å². The van der Waals surface area contributed by atoms with Gasteiger partial charge in [0.15, 0.2) is 11.5 Å². The summed E-state index contributed by atoms with van der Waals surface area (Å²) in [5.41, 5.74) is 0. The number of ether oxygens (including phenoxy) is 2. The molecule has 4 nitrogen and oxygen atoms in total. The van der Waals surface area contributed by atoms with Crippen LogP contribution in [0.4, 0.5) is 0 Å². The lowest BCUT2D eigenvalue weighted by molar-refractivity contribution is -0.121. The standard InChI is InChI=1S/C17H25NO3S/c1-12(17(19)18-13-7-5-4-6-8-13)22-14-9-10-15(20-2)16(11-14)21-3/h9-13H,4-8H2,1-3H3,(H,18,19)/t12-/m1/s1. The fraction of sp³-hybridized carbons (Fsp3) is 0.588. The highest BCUT2D eigenvalue weighted by molar-refractivity contribution is 8.00. The molecule has 0 radical (unpaired) electrons. The molecule has 1 atom stereocenters. The summed E-state index contributed by atoms with van der Waals surface area (Å²) in [4.78, 5) is 13.3. The van der Waals surface area contributed by atoms with Crippen LogP contribution < -0.4 is 14.8 Å². The van der Waals surface area contributed by atoms with E-state index >= 15 is 0 Å². The van der Waals surface area contributed by atoms with Crippen molar-refractivity contribution in [1.29, 1.82) is 0 Å². The van der Waals surface area contributed by atoms with Crippen LogP contribution in [0.5, 0.6) is 11.5 Å². The Morgan fingerprint density at radius 3 is 2.50 bits per heavy atom. The molecule has 0 aromatic heterocycles. The molecule has 0 heterocycles. The Kier molecular flexibility index (Phi) is 6.43. The number of rotatable bonds is 6. The summed E-state index contributed by atoms with van der Waals surface area (Å²) in [7, 11) is 3.23. The van der Waals surface area contributed by atoms with Crippen molar-refractivity contribution >= 4 is 17.7 Å². The van der Waals surface area contributed by atoms with Crippen molar-refractivity contribution in [3.8, 4) is 11.5 Å². The quantitative estimate of drug-likeness (QED) is 0.812. The molecule has 2 rings (SSSR count). The fourth-order valence-electron chi connectivity index (χ4n) is 2.71. The third kappa shape index (κ3) is 4.57. The van der Waals surface area contributed by atoms with Gasteiger partial charge >= 0.3 is 0 Å².